The molecule has 0 aromatic heterocycles. The van der Waals surface area contributed by atoms with Crippen LogP contribution in [0.25, 0.3) is 0 Å². The SMILES string of the molecule is COc1ccc(F)cc1C(O)c1cc(Cl)c2c(c1)OCO2. The summed E-state index contributed by atoms with van der Waals surface area (Å²) in [5.74, 6) is 0.820. The molecule has 2 aromatic rings. The molecule has 1 unspecified atom stereocenters. The number of benzene rings is 2. The first-order valence-electron chi connectivity index (χ1n) is 6.20. The van der Waals surface area contributed by atoms with Crippen LogP contribution in [0.2, 0.25) is 5.02 Å². The number of aliphatic hydroxyl groups excluding tert-OH is 1. The third kappa shape index (κ3) is 2.50. The van der Waals surface area contributed by atoms with Crippen LogP contribution >= 0.6 is 11.6 Å². The average molecular weight is 311 g/mol. The minimum atomic E-state index is -1.09. The van der Waals surface area contributed by atoms with Crippen molar-refractivity contribution in [2.75, 3.05) is 13.9 Å². The number of hydrogen-bond acceptors (Lipinski definition) is 4. The quantitative estimate of drug-likeness (QED) is 0.945. The molecular weight excluding hydrogens is 299 g/mol. The van der Waals surface area contributed by atoms with Gasteiger partial charge >= 0.3 is 0 Å². The highest BCUT2D eigenvalue weighted by atomic mass is 35.5. The Balaban J connectivity index is 2.05. The van der Waals surface area contributed by atoms with Crippen LogP contribution in [0.3, 0.4) is 0 Å². The van der Waals surface area contributed by atoms with Crippen molar-refractivity contribution < 1.29 is 23.7 Å². The number of rotatable bonds is 3. The largest absolute Gasteiger partial charge is 0.496 e. The van der Waals surface area contributed by atoms with E-state index in [4.69, 9.17) is 25.8 Å². The van der Waals surface area contributed by atoms with Gasteiger partial charge in [-0.1, -0.05) is 11.6 Å². The van der Waals surface area contributed by atoms with Crippen molar-refractivity contribution in [1.82, 2.24) is 0 Å². The smallest absolute Gasteiger partial charge is 0.231 e. The molecule has 3 rings (SSSR count). The van der Waals surface area contributed by atoms with E-state index in [1.807, 2.05) is 0 Å². The molecule has 1 aliphatic heterocycles. The molecule has 110 valence electrons. The standard InChI is InChI=1S/C15H12ClFO4/c1-19-12-3-2-9(17)6-10(12)14(18)8-4-11(16)15-13(5-8)20-7-21-15/h2-6,14,18H,7H2,1H3. The number of ether oxygens (including phenoxy) is 3. The Morgan fingerprint density at radius 3 is 2.86 bits per heavy atom. The van der Waals surface area contributed by atoms with Gasteiger partial charge in [0.25, 0.3) is 0 Å². The van der Waals surface area contributed by atoms with E-state index in [1.165, 1.54) is 25.3 Å². The zero-order valence-electron chi connectivity index (χ0n) is 11.1. The predicted molar refractivity (Wildman–Crippen MR) is 74.6 cm³/mol. The number of aliphatic hydroxyl groups is 1. The minimum absolute atomic E-state index is 0.0812. The molecule has 1 atom stereocenters. The van der Waals surface area contributed by atoms with Crippen LogP contribution in [0.15, 0.2) is 30.3 Å². The van der Waals surface area contributed by atoms with Gasteiger partial charge in [0.2, 0.25) is 6.79 Å². The summed E-state index contributed by atoms with van der Waals surface area (Å²) in [4.78, 5) is 0. The Bertz CT molecular complexity index is 690. The Kier molecular flexibility index (Phi) is 3.61. The second-order valence-corrected chi connectivity index (χ2v) is 4.93. The molecule has 0 bridgehead atoms. The highest BCUT2D eigenvalue weighted by Crippen LogP contribution is 2.42. The van der Waals surface area contributed by atoms with E-state index < -0.39 is 11.9 Å². The molecule has 0 amide bonds. The fourth-order valence-electron chi connectivity index (χ4n) is 2.24. The maximum absolute atomic E-state index is 13.4. The first-order chi connectivity index (χ1) is 10.1. The molecule has 1 aliphatic rings. The van der Waals surface area contributed by atoms with Gasteiger partial charge in [-0.3, -0.25) is 0 Å². The third-order valence-electron chi connectivity index (χ3n) is 3.25. The van der Waals surface area contributed by atoms with E-state index >= 15 is 0 Å². The summed E-state index contributed by atoms with van der Waals surface area (Å²) in [6, 6.07) is 7.12. The molecule has 21 heavy (non-hydrogen) atoms. The molecular formula is C15H12ClFO4. The van der Waals surface area contributed by atoms with Gasteiger partial charge in [0.05, 0.1) is 12.1 Å². The minimum Gasteiger partial charge on any atom is -0.496 e. The number of halogens is 2. The van der Waals surface area contributed by atoms with Gasteiger partial charge in [0, 0.05) is 5.56 Å². The van der Waals surface area contributed by atoms with Crippen LogP contribution in [-0.2, 0) is 0 Å². The van der Waals surface area contributed by atoms with Gasteiger partial charge in [-0.25, -0.2) is 4.39 Å². The lowest BCUT2D eigenvalue weighted by Gasteiger charge is -2.16. The Morgan fingerprint density at radius 2 is 2.10 bits per heavy atom. The first kappa shape index (κ1) is 14.0. The van der Waals surface area contributed by atoms with Crippen LogP contribution < -0.4 is 14.2 Å². The summed E-state index contributed by atoms with van der Waals surface area (Å²) in [7, 11) is 1.45. The summed E-state index contributed by atoms with van der Waals surface area (Å²) in [6.07, 6.45) is -1.09. The molecule has 0 saturated heterocycles. The summed E-state index contributed by atoms with van der Waals surface area (Å²) < 4.78 is 29.0. The molecule has 0 saturated carbocycles. The van der Waals surface area contributed by atoms with Crippen molar-refractivity contribution in [3.05, 3.63) is 52.3 Å². The van der Waals surface area contributed by atoms with E-state index in [1.54, 1.807) is 12.1 Å². The fraction of sp³-hybridized carbons (Fsp3) is 0.200. The Morgan fingerprint density at radius 1 is 1.29 bits per heavy atom. The lowest BCUT2D eigenvalue weighted by Crippen LogP contribution is -2.03. The second-order valence-electron chi connectivity index (χ2n) is 4.53. The number of fused-ring (bicyclic) bond motifs is 1. The van der Waals surface area contributed by atoms with Crippen LogP contribution in [-0.4, -0.2) is 19.0 Å². The molecule has 0 aliphatic carbocycles. The maximum atomic E-state index is 13.4. The van der Waals surface area contributed by atoms with Crippen molar-refractivity contribution in [2.24, 2.45) is 0 Å². The molecule has 1 N–H and O–H groups in total. The van der Waals surface area contributed by atoms with Crippen molar-refractivity contribution in [2.45, 2.75) is 6.10 Å². The normalized spacial score (nSPS) is 14.1. The summed E-state index contributed by atoms with van der Waals surface area (Å²) in [5, 5.41) is 10.8. The molecule has 0 fully saturated rings. The number of methoxy groups -OCH3 is 1. The van der Waals surface area contributed by atoms with Crippen LogP contribution in [0.4, 0.5) is 4.39 Å². The molecule has 4 nitrogen and oxygen atoms in total. The summed E-state index contributed by atoms with van der Waals surface area (Å²) >= 11 is 6.09. The monoisotopic (exact) mass is 310 g/mol. The summed E-state index contributed by atoms with van der Waals surface area (Å²) in [6.45, 7) is 0.0812. The number of hydrogen-bond donors (Lipinski definition) is 1. The molecule has 6 heteroatoms. The van der Waals surface area contributed by atoms with Crippen LogP contribution in [0.5, 0.6) is 17.2 Å². The summed E-state index contributed by atoms with van der Waals surface area (Å²) in [5.41, 5.74) is 0.778. The van der Waals surface area contributed by atoms with Gasteiger partial charge in [-0.2, -0.15) is 0 Å². The molecule has 2 aromatic carbocycles. The topological polar surface area (TPSA) is 47.9 Å². The average Bonchev–Trinajstić information content (AvgIpc) is 2.95. The highest BCUT2D eigenvalue weighted by molar-refractivity contribution is 6.32. The van der Waals surface area contributed by atoms with Crippen LogP contribution in [0.1, 0.15) is 17.2 Å². The lowest BCUT2D eigenvalue weighted by atomic mass is 10.00. The van der Waals surface area contributed by atoms with E-state index in [2.05, 4.69) is 0 Å². The van der Waals surface area contributed by atoms with Crippen LogP contribution in [0, 0.1) is 5.82 Å². The fourth-order valence-corrected chi connectivity index (χ4v) is 2.52. The van der Waals surface area contributed by atoms with Gasteiger partial charge in [-0.15, -0.1) is 0 Å². The zero-order chi connectivity index (χ0) is 15.0. The zero-order valence-corrected chi connectivity index (χ0v) is 11.9. The molecule has 0 radical (unpaired) electrons. The van der Waals surface area contributed by atoms with Crippen molar-refractivity contribution in [3.63, 3.8) is 0 Å². The maximum Gasteiger partial charge on any atom is 0.231 e. The Labute approximate surface area is 125 Å². The van der Waals surface area contributed by atoms with Crippen molar-refractivity contribution >= 4 is 11.6 Å². The highest BCUT2D eigenvalue weighted by Gasteiger charge is 2.23. The van der Waals surface area contributed by atoms with E-state index in [-0.39, 0.29) is 6.79 Å². The van der Waals surface area contributed by atoms with E-state index in [0.717, 1.165) is 0 Å². The lowest BCUT2D eigenvalue weighted by molar-refractivity contribution is 0.173. The Hall–Kier alpha value is -1.98. The van der Waals surface area contributed by atoms with Crippen molar-refractivity contribution in [1.29, 1.82) is 0 Å². The first-order valence-corrected chi connectivity index (χ1v) is 6.58. The van der Waals surface area contributed by atoms with Gasteiger partial charge < -0.3 is 19.3 Å². The second kappa shape index (κ2) is 5.42. The van der Waals surface area contributed by atoms with Gasteiger partial charge in [0.1, 0.15) is 17.7 Å². The van der Waals surface area contributed by atoms with Crippen molar-refractivity contribution in [3.8, 4) is 17.2 Å². The predicted octanol–water partition coefficient (Wildman–Crippen LogP) is 3.30. The third-order valence-corrected chi connectivity index (χ3v) is 3.53. The van der Waals surface area contributed by atoms with E-state index in [0.29, 0.717) is 33.4 Å². The molecule has 0 spiro atoms. The molecule has 1 heterocycles. The van der Waals surface area contributed by atoms with Gasteiger partial charge in [0.15, 0.2) is 11.5 Å². The van der Waals surface area contributed by atoms with E-state index in [9.17, 15) is 9.50 Å². The van der Waals surface area contributed by atoms with Gasteiger partial charge in [-0.05, 0) is 35.9 Å².